The van der Waals surface area contributed by atoms with Crippen molar-refractivity contribution in [3.8, 4) is 0 Å². The first-order valence-electron chi connectivity index (χ1n) is 4.55. The molecule has 2 aliphatic rings. The maximum Gasteiger partial charge on any atom is -0.0290 e. The summed E-state index contributed by atoms with van der Waals surface area (Å²) >= 11 is 0. The molecule has 0 aliphatic heterocycles. The summed E-state index contributed by atoms with van der Waals surface area (Å²) in [6.45, 7) is 9.65. The maximum atomic E-state index is 2.45. The SMILES string of the molecule is CC(C)C1C2CC2C1(C)C. The summed E-state index contributed by atoms with van der Waals surface area (Å²) in [5, 5.41) is 0. The molecule has 0 aromatic carbocycles. The molecule has 3 unspecified atom stereocenters. The van der Waals surface area contributed by atoms with Crippen molar-refractivity contribution in [3.63, 3.8) is 0 Å². The second-order valence-corrected chi connectivity index (χ2v) is 5.10. The molecule has 0 heterocycles. The molecule has 0 nitrogen and oxygen atoms in total. The predicted octanol–water partition coefficient (Wildman–Crippen LogP) is 2.93. The van der Waals surface area contributed by atoms with Crippen LogP contribution < -0.4 is 0 Å². The Morgan fingerprint density at radius 1 is 1.30 bits per heavy atom. The number of hydrogen-bond donors (Lipinski definition) is 0. The fourth-order valence-corrected chi connectivity index (χ4v) is 3.50. The highest BCUT2D eigenvalue weighted by atomic mass is 14.7. The fraction of sp³-hybridized carbons (Fsp3) is 1.00. The van der Waals surface area contributed by atoms with Crippen LogP contribution in [0, 0.1) is 29.1 Å². The number of fused-ring (bicyclic) bond motifs is 1. The van der Waals surface area contributed by atoms with E-state index < -0.39 is 0 Å². The quantitative estimate of drug-likeness (QED) is 0.522. The summed E-state index contributed by atoms with van der Waals surface area (Å²) < 4.78 is 0. The van der Waals surface area contributed by atoms with Crippen LogP contribution in [0.25, 0.3) is 0 Å². The van der Waals surface area contributed by atoms with E-state index in [9.17, 15) is 0 Å². The second kappa shape index (κ2) is 1.60. The van der Waals surface area contributed by atoms with E-state index in [1.54, 1.807) is 0 Å². The Balaban J connectivity index is 2.11. The van der Waals surface area contributed by atoms with E-state index >= 15 is 0 Å². The summed E-state index contributed by atoms with van der Waals surface area (Å²) in [7, 11) is 0. The Kier molecular flexibility index (Phi) is 1.07. The van der Waals surface area contributed by atoms with Gasteiger partial charge in [0.2, 0.25) is 0 Å². The van der Waals surface area contributed by atoms with Gasteiger partial charge in [-0.1, -0.05) is 27.7 Å². The van der Waals surface area contributed by atoms with Gasteiger partial charge >= 0.3 is 0 Å². The molecule has 2 fully saturated rings. The second-order valence-electron chi connectivity index (χ2n) is 5.10. The fourth-order valence-electron chi connectivity index (χ4n) is 3.50. The average Bonchev–Trinajstić information content (AvgIpc) is 2.41. The summed E-state index contributed by atoms with van der Waals surface area (Å²) in [6, 6.07) is 0. The summed E-state index contributed by atoms with van der Waals surface area (Å²) in [5.41, 5.74) is 0.693. The van der Waals surface area contributed by atoms with Gasteiger partial charge in [0, 0.05) is 0 Å². The minimum absolute atomic E-state index is 0.693. The van der Waals surface area contributed by atoms with Crippen molar-refractivity contribution in [2.45, 2.75) is 34.1 Å². The van der Waals surface area contributed by atoms with E-state index in [2.05, 4.69) is 27.7 Å². The summed E-state index contributed by atoms with van der Waals surface area (Å²) in [6.07, 6.45) is 1.54. The smallest absolute Gasteiger partial charge is 0.0290 e. The molecule has 10 heavy (non-hydrogen) atoms. The van der Waals surface area contributed by atoms with Gasteiger partial charge in [0.05, 0.1) is 0 Å². The largest absolute Gasteiger partial charge is 0.0625 e. The lowest BCUT2D eigenvalue weighted by atomic mass is 9.58. The molecule has 0 aromatic rings. The van der Waals surface area contributed by atoms with Crippen molar-refractivity contribution in [2.75, 3.05) is 0 Å². The van der Waals surface area contributed by atoms with E-state index in [1.165, 1.54) is 6.42 Å². The van der Waals surface area contributed by atoms with Crippen molar-refractivity contribution in [1.82, 2.24) is 0 Å². The monoisotopic (exact) mass is 138 g/mol. The Morgan fingerprint density at radius 3 is 2.10 bits per heavy atom. The van der Waals surface area contributed by atoms with E-state index in [0.29, 0.717) is 5.41 Å². The van der Waals surface area contributed by atoms with Crippen molar-refractivity contribution in [1.29, 1.82) is 0 Å². The normalized spacial score (nSPS) is 48.3. The van der Waals surface area contributed by atoms with Crippen LogP contribution >= 0.6 is 0 Å². The minimum atomic E-state index is 0.693. The standard InChI is InChI=1S/C10H18/c1-6(2)9-7-5-8(7)10(9,3)4/h6-9H,5H2,1-4H3. The molecule has 0 bridgehead atoms. The third kappa shape index (κ3) is 0.580. The molecule has 2 aliphatic carbocycles. The first-order chi connectivity index (χ1) is 4.55. The van der Waals surface area contributed by atoms with Crippen molar-refractivity contribution in [2.24, 2.45) is 29.1 Å². The molecule has 3 atom stereocenters. The molecular weight excluding hydrogens is 120 g/mol. The topological polar surface area (TPSA) is 0 Å². The van der Waals surface area contributed by atoms with Crippen molar-refractivity contribution < 1.29 is 0 Å². The van der Waals surface area contributed by atoms with Gasteiger partial charge in [-0.25, -0.2) is 0 Å². The first-order valence-corrected chi connectivity index (χ1v) is 4.55. The van der Waals surface area contributed by atoms with Gasteiger partial charge in [-0.05, 0) is 35.5 Å². The zero-order chi connectivity index (χ0) is 7.52. The van der Waals surface area contributed by atoms with E-state index in [-0.39, 0.29) is 0 Å². The predicted molar refractivity (Wildman–Crippen MR) is 43.7 cm³/mol. The zero-order valence-electron chi connectivity index (χ0n) is 7.52. The number of hydrogen-bond acceptors (Lipinski definition) is 0. The summed E-state index contributed by atoms with van der Waals surface area (Å²) in [5.74, 6) is 4.20. The van der Waals surface area contributed by atoms with Crippen molar-refractivity contribution in [3.05, 3.63) is 0 Å². The third-order valence-corrected chi connectivity index (χ3v) is 3.83. The molecule has 2 rings (SSSR count). The molecular formula is C10H18. The highest BCUT2D eigenvalue weighted by Crippen LogP contribution is 2.72. The van der Waals surface area contributed by atoms with Crippen LogP contribution in [0.4, 0.5) is 0 Å². The molecule has 58 valence electrons. The van der Waals surface area contributed by atoms with Crippen LogP contribution in [0.3, 0.4) is 0 Å². The Morgan fingerprint density at radius 2 is 1.90 bits per heavy atom. The molecule has 2 saturated carbocycles. The zero-order valence-corrected chi connectivity index (χ0v) is 7.52. The lowest BCUT2D eigenvalue weighted by Crippen LogP contribution is -2.41. The third-order valence-electron chi connectivity index (χ3n) is 3.83. The molecule has 0 spiro atoms. The lowest BCUT2D eigenvalue weighted by Gasteiger charge is -2.46. The van der Waals surface area contributed by atoms with Crippen LogP contribution in [0.2, 0.25) is 0 Å². The minimum Gasteiger partial charge on any atom is -0.0625 e. The van der Waals surface area contributed by atoms with E-state index in [0.717, 1.165) is 23.7 Å². The van der Waals surface area contributed by atoms with Gasteiger partial charge < -0.3 is 0 Å². The van der Waals surface area contributed by atoms with Crippen LogP contribution in [-0.2, 0) is 0 Å². The molecule has 0 saturated heterocycles. The van der Waals surface area contributed by atoms with Gasteiger partial charge in [-0.3, -0.25) is 0 Å². The van der Waals surface area contributed by atoms with Crippen LogP contribution in [0.1, 0.15) is 34.1 Å². The van der Waals surface area contributed by atoms with Crippen LogP contribution in [-0.4, -0.2) is 0 Å². The molecule has 0 aromatic heterocycles. The van der Waals surface area contributed by atoms with E-state index in [4.69, 9.17) is 0 Å². The Hall–Kier alpha value is 0. The van der Waals surface area contributed by atoms with Gasteiger partial charge in [0.15, 0.2) is 0 Å². The van der Waals surface area contributed by atoms with Gasteiger partial charge in [0.1, 0.15) is 0 Å². The van der Waals surface area contributed by atoms with Crippen LogP contribution in [0.15, 0.2) is 0 Å². The Labute approximate surface area is 64.0 Å². The van der Waals surface area contributed by atoms with E-state index in [1.807, 2.05) is 0 Å². The van der Waals surface area contributed by atoms with Gasteiger partial charge in [-0.2, -0.15) is 0 Å². The van der Waals surface area contributed by atoms with Crippen molar-refractivity contribution >= 4 is 0 Å². The molecule has 0 N–H and O–H groups in total. The highest BCUT2D eigenvalue weighted by molar-refractivity contribution is 5.14. The summed E-state index contributed by atoms with van der Waals surface area (Å²) in [4.78, 5) is 0. The van der Waals surface area contributed by atoms with Crippen LogP contribution in [0.5, 0.6) is 0 Å². The lowest BCUT2D eigenvalue weighted by molar-refractivity contribution is 0.0152. The van der Waals surface area contributed by atoms with Gasteiger partial charge in [-0.15, -0.1) is 0 Å². The average molecular weight is 138 g/mol. The Bertz CT molecular complexity index is 153. The first kappa shape index (κ1) is 6.69. The maximum absolute atomic E-state index is 2.45. The highest BCUT2D eigenvalue weighted by Gasteiger charge is 2.66. The van der Waals surface area contributed by atoms with Gasteiger partial charge in [0.25, 0.3) is 0 Å². The molecule has 0 amide bonds. The number of rotatable bonds is 1. The molecule has 0 heteroatoms. The molecule has 0 radical (unpaired) electrons.